The van der Waals surface area contributed by atoms with Gasteiger partial charge in [-0.05, 0) is 0 Å². The lowest BCUT2D eigenvalue weighted by atomic mass is 10.1. The number of thioether (sulfide) groups is 1. The predicted molar refractivity (Wildman–Crippen MR) is 77.5 cm³/mol. The van der Waals surface area contributed by atoms with Gasteiger partial charge in [-0.1, -0.05) is 47.3 Å². The van der Waals surface area contributed by atoms with Crippen molar-refractivity contribution in [3.05, 3.63) is 48.0 Å². The number of rotatable bonds is 4. The van der Waals surface area contributed by atoms with Crippen LogP contribution in [0.1, 0.15) is 11.6 Å². The minimum absolute atomic E-state index is 0.162. The molecule has 0 aliphatic carbocycles. The molecule has 9 heteroatoms. The third-order valence-electron chi connectivity index (χ3n) is 3.06. The van der Waals surface area contributed by atoms with Gasteiger partial charge in [-0.2, -0.15) is 13.2 Å². The Hall–Kier alpha value is -2.29. The molecule has 0 bridgehead atoms. The quantitative estimate of drug-likeness (QED) is 0.677. The van der Waals surface area contributed by atoms with Crippen molar-refractivity contribution in [2.75, 3.05) is 0 Å². The van der Waals surface area contributed by atoms with Crippen molar-refractivity contribution >= 4 is 11.8 Å². The molecule has 0 spiro atoms. The summed E-state index contributed by atoms with van der Waals surface area (Å²) in [6.45, 7) is 0. The molecule has 23 heavy (non-hydrogen) atoms. The van der Waals surface area contributed by atoms with E-state index < -0.39 is 12.0 Å². The summed E-state index contributed by atoms with van der Waals surface area (Å²) in [5, 5.41) is 10.8. The Kier molecular flexibility index (Phi) is 4.12. The maximum atomic E-state index is 12.7. The van der Waals surface area contributed by atoms with Crippen molar-refractivity contribution in [1.82, 2.24) is 19.9 Å². The van der Waals surface area contributed by atoms with Crippen LogP contribution in [0.25, 0.3) is 11.3 Å². The lowest BCUT2D eigenvalue weighted by molar-refractivity contribution is -0.147. The van der Waals surface area contributed by atoms with E-state index >= 15 is 0 Å². The van der Waals surface area contributed by atoms with E-state index in [4.69, 9.17) is 4.52 Å². The molecule has 3 rings (SSSR count). The van der Waals surface area contributed by atoms with Gasteiger partial charge in [0.15, 0.2) is 5.16 Å². The lowest BCUT2D eigenvalue weighted by Gasteiger charge is -2.05. The summed E-state index contributed by atoms with van der Waals surface area (Å²) in [5.74, 6) is -0.170. The highest BCUT2D eigenvalue weighted by Gasteiger charge is 2.37. The summed E-state index contributed by atoms with van der Waals surface area (Å²) in [5.41, 5.74) is 1.58. The van der Waals surface area contributed by atoms with Crippen LogP contribution in [0.2, 0.25) is 0 Å². The van der Waals surface area contributed by atoms with E-state index in [0.29, 0.717) is 17.2 Å². The molecule has 120 valence electrons. The molecule has 0 atom stereocenters. The van der Waals surface area contributed by atoms with E-state index in [1.807, 2.05) is 30.3 Å². The van der Waals surface area contributed by atoms with E-state index in [9.17, 15) is 13.2 Å². The predicted octanol–water partition coefficient (Wildman–Crippen LogP) is 3.78. The number of hydrogen-bond donors (Lipinski definition) is 0. The number of halogens is 3. The Morgan fingerprint density at radius 3 is 2.57 bits per heavy atom. The molecule has 5 nitrogen and oxygen atoms in total. The van der Waals surface area contributed by atoms with E-state index in [0.717, 1.165) is 21.9 Å². The number of hydrogen-bond acceptors (Lipinski definition) is 5. The molecule has 0 unspecified atom stereocenters. The summed E-state index contributed by atoms with van der Waals surface area (Å²) < 4.78 is 44.1. The first-order valence-corrected chi connectivity index (χ1v) is 7.54. The zero-order valence-electron chi connectivity index (χ0n) is 11.9. The smallest absolute Gasteiger partial charge is 0.360 e. The fraction of sp³-hybridized carbons (Fsp3) is 0.214. The summed E-state index contributed by atoms with van der Waals surface area (Å²) in [6, 6.07) is 11.2. The molecule has 1 aromatic carbocycles. The summed E-state index contributed by atoms with van der Waals surface area (Å²) >= 11 is 1.10. The lowest BCUT2D eigenvalue weighted by Crippen LogP contribution is -2.12. The van der Waals surface area contributed by atoms with E-state index in [2.05, 4.69) is 15.4 Å². The maximum absolute atomic E-state index is 12.7. The number of aromatic nitrogens is 4. The molecule has 3 aromatic rings. The van der Waals surface area contributed by atoms with Crippen molar-refractivity contribution in [1.29, 1.82) is 0 Å². The van der Waals surface area contributed by atoms with Crippen LogP contribution in [0.3, 0.4) is 0 Å². The first-order valence-electron chi connectivity index (χ1n) is 6.55. The highest BCUT2D eigenvalue weighted by Crippen LogP contribution is 2.31. The molecular weight excluding hydrogens is 329 g/mol. The van der Waals surface area contributed by atoms with Gasteiger partial charge in [0, 0.05) is 18.7 Å². The Bertz CT molecular complexity index is 798. The third kappa shape index (κ3) is 3.39. The Morgan fingerprint density at radius 1 is 1.17 bits per heavy atom. The Morgan fingerprint density at radius 2 is 1.91 bits per heavy atom. The van der Waals surface area contributed by atoms with Crippen LogP contribution in [0.15, 0.2) is 46.1 Å². The highest BCUT2D eigenvalue weighted by atomic mass is 32.2. The molecule has 0 fully saturated rings. The number of benzene rings is 1. The first-order chi connectivity index (χ1) is 10.9. The van der Waals surface area contributed by atoms with Crippen LogP contribution < -0.4 is 0 Å². The molecule has 0 saturated carbocycles. The molecule has 0 saturated heterocycles. The second kappa shape index (κ2) is 6.07. The van der Waals surface area contributed by atoms with Crippen molar-refractivity contribution < 1.29 is 17.7 Å². The van der Waals surface area contributed by atoms with Crippen molar-refractivity contribution in [3.63, 3.8) is 0 Å². The second-order valence-corrected chi connectivity index (χ2v) is 5.64. The van der Waals surface area contributed by atoms with Gasteiger partial charge in [0.1, 0.15) is 11.5 Å². The summed E-state index contributed by atoms with van der Waals surface area (Å²) in [4.78, 5) is 0. The minimum Gasteiger partial charge on any atom is -0.360 e. The van der Waals surface area contributed by atoms with Crippen molar-refractivity contribution in [3.8, 4) is 11.3 Å². The van der Waals surface area contributed by atoms with Crippen LogP contribution in [0.4, 0.5) is 13.2 Å². The van der Waals surface area contributed by atoms with Gasteiger partial charge in [-0.25, -0.2) is 0 Å². The largest absolute Gasteiger partial charge is 0.451 e. The molecular formula is C14H11F3N4OS. The van der Waals surface area contributed by atoms with Gasteiger partial charge in [0.2, 0.25) is 5.82 Å². The average molecular weight is 340 g/mol. The minimum atomic E-state index is -4.52. The Balaban J connectivity index is 1.70. The molecule has 0 aliphatic heterocycles. The standard InChI is InChI=1S/C14H11F3N4OS/c1-21-12(14(15,16)17)18-19-13(21)23-8-10-7-11(20-22-10)9-5-3-2-4-6-9/h2-7H,8H2,1H3. The average Bonchev–Trinajstić information content (AvgIpc) is 3.12. The molecule has 0 aliphatic rings. The van der Waals surface area contributed by atoms with E-state index in [-0.39, 0.29) is 5.16 Å². The van der Waals surface area contributed by atoms with Crippen molar-refractivity contribution in [2.45, 2.75) is 17.1 Å². The second-order valence-electron chi connectivity index (χ2n) is 4.70. The summed E-state index contributed by atoms with van der Waals surface area (Å²) in [7, 11) is 1.28. The van der Waals surface area contributed by atoms with E-state index in [1.165, 1.54) is 7.05 Å². The van der Waals surface area contributed by atoms with Crippen LogP contribution >= 0.6 is 11.8 Å². The first kappa shape index (κ1) is 15.6. The topological polar surface area (TPSA) is 56.7 Å². The number of alkyl halides is 3. The summed E-state index contributed by atoms with van der Waals surface area (Å²) in [6.07, 6.45) is -4.52. The third-order valence-corrected chi connectivity index (χ3v) is 4.10. The zero-order chi connectivity index (χ0) is 16.4. The monoisotopic (exact) mass is 340 g/mol. The molecule has 0 radical (unpaired) electrons. The van der Waals surface area contributed by atoms with Crippen molar-refractivity contribution in [2.24, 2.45) is 7.05 Å². The zero-order valence-corrected chi connectivity index (χ0v) is 12.7. The van der Waals surface area contributed by atoms with Gasteiger partial charge in [0.25, 0.3) is 0 Å². The normalized spacial score (nSPS) is 11.8. The van der Waals surface area contributed by atoms with Gasteiger partial charge in [-0.3, -0.25) is 0 Å². The highest BCUT2D eigenvalue weighted by molar-refractivity contribution is 7.98. The van der Waals surface area contributed by atoms with Gasteiger partial charge < -0.3 is 9.09 Å². The molecule has 2 heterocycles. The van der Waals surface area contributed by atoms with Crippen LogP contribution in [-0.2, 0) is 19.0 Å². The molecule has 0 N–H and O–H groups in total. The molecule has 2 aromatic heterocycles. The fourth-order valence-corrected chi connectivity index (χ4v) is 2.74. The molecule has 0 amide bonds. The van der Waals surface area contributed by atoms with Gasteiger partial charge >= 0.3 is 6.18 Å². The van der Waals surface area contributed by atoms with Gasteiger partial charge in [-0.15, -0.1) is 10.2 Å². The maximum Gasteiger partial charge on any atom is 0.451 e. The van der Waals surface area contributed by atoms with Crippen LogP contribution in [0, 0.1) is 0 Å². The fourth-order valence-electron chi connectivity index (χ4n) is 1.95. The van der Waals surface area contributed by atoms with E-state index in [1.54, 1.807) is 6.07 Å². The van der Waals surface area contributed by atoms with Crippen LogP contribution in [-0.4, -0.2) is 19.9 Å². The number of nitrogens with zero attached hydrogens (tertiary/aromatic N) is 4. The van der Waals surface area contributed by atoms with Gasteiger partial charge in [0.05, 0.1) is 5.75 Å². The Labute approximate surface area is 133 Å². The van der Waals surface area contributed by atoms with Crippen LogP contribution in [0.5, 0.6) is 0 Å². The SMILES string of the molecule is Cn1c(SCc2cc(-c3ccccc3)no2)nnc1C(F)(F)F.